The van der Waals surface area contributed by atoms with Crippen molar-refractivity contribution in [2.45, 2.75) is 71.1 Å². The van der Waals surface area contributed by atoms with Crippen LogP contribution in [0.25, 0.3) is 10.8 Å². The van der Waals surface area contributed by atoms with Gasteiger partial charge in [-0.15, -0.1) is 0 Å². The second kappa shape index (κ2) is 11.6. The van der Waals surface area contributed by atoms with E-state index in [4.69, 9.17) is 4.74 Å². The number of aromatic hydroxyl groups is 1. The van der Waals surface area contributed by atoms with Gasteiger partial charge in [0, 0.05) is 0 Å². The Hall–Kier alpha value is -2.03. The lowest BCUT2D eigenvalue weighted by atomic mass is 10.1. The van der Waals surface area contributed by atoms with Gasteiger partial charge in [-0.1, -0.05) is 89.0 Å². The van der Waals surface area contributed by atoms with E-state index < -0.39 is 5.97 Å². The van der Waals surface area contributed by atoms with E-state index in [0.717, 1.165) is 23.6 Å². The number of esters is 1. The predicted octanol–water partition coefficient (Wildman–Crippen LogP) is 6.62. The Morgan fingerprint density at radius 2 is 1.38 bits per heavy atom. The Kier molecular flexibility index (Phi) is 9.02. The van der Waals surface area contributed by atoms with Gasteiger partial charge in [-0.2, -0.15) is 0 Å². The molecule has 2 aromatic rings. The molecular weight excluding hydrogens is 324 g/mol. The van der Waals surface area contributed by atoms with Gasteiger partial charge in [0.05, 0.1) is 6.61 Å². The zero-order valence-corrected chi connectivity index (χ0v) is 16.0. The van der Waals surface area contributed by atoms with Crippen molar-refractivity contribution < 1.29 is 14.6 Å². The van der Waals surface area contributed by atoms with Crippen molar-refractivity contribution in [3.63, 3.8) is 0 Å². The lowest BCUT2D eigenvalue weighted by molar-refractivity contribution is 0.0494. The third-order valence-corrected chi connectivity index (χ3v) is 4.81. The van der Waals surface area contributed by atoms with Crippen LogP contribution in [0, 0.1) is 0 Å². The fourth-order valence-electron chi connectivity index (χ4n) is 3.22. The number of phenolic OH excluding ortho intramolecular Hbond substituents is 1. The second-order valence-corrected chi connectivity index (χ2v) is 7.03. The lowest BCUT2D eigenvalue weighted by Crippen LogP contribution is -2.07. The van der Waals surface area contributed by atoms with E-state index in [1.165, 1.54) is 51.4 Å². The maximum atomic E-state index is 12.2. The highest BCUT2D eigenvalue weighted by Crippen LogP contribution is 2.25. The molecule has 142 valence electrons. The van der Waals surface area contributed by atoms with Crippen LogP contribution in [0.15, 0.2) is 36.4 Å². The number of rotatable bonds is 12. The van der Waals surface area contributed by atoms with Gasteiger partial charge >= 0.3 is 5.97 Å². The molecule has 2 rings (SSSR count). The Bertz CT molecular complexity index is 678. The summed E-state index contributed by atoms with van der Waals surface area (Å²) in [5.41, 5.74) is 0.246. The summed E-state index contributed by atoms with van der Waals surface area (Å²) in [7, 11) is 0. The highest BCUT2D eigenvalue weighted by atomic mass is 16.5. The minimum Gasteiger partial charge on any atom is -0.507 e. The Morgan fingerprint density at radius 3 is 2.00 bits per heavy atom. The molecular formula is C23H32O3. The average molecular weight is 357 g/mol. The van der Waals surface area contributed by atoms with Gasteiger partial charge < -0.3 is 9.84 Å². The fraction of sp³-hybridized carbons (Fsp3) is 0.522. The Morgan fingerprint density at radius 1 is 0.846 bits per heavy atom. The minimum absolute atomic E-state index is 0.0169. The lowest BCUT2D eigenvalue weighted by Gasteiger charge is -2.08. The number of carbonyl (C=O) groups excluding carboxylic acids is 1. The third-order valence-electron chi connectivity index (χ3n) is 4.81. The molecule has 1 N–H and O–H groups in total. The summed E-state index contributed by atoms with van der Waals surface area (Å²) < 4.78 is 5.33. The Balaban J connectivity index is 1.61. The summed E-state index contributed by atoms with van der Waals surface area (Å²) in [4.78, 5) is 12.2. The predicted molar refractivity (Wildman–Crippen MR) is 108 cm³/mol. The molecule has 0 amide bonds. The van der Waals surface area contributed by atoms with Crippen molar-refractivity contribution >= 4 is 16.7 Å². The van der Waals surface area contributed by atoms with Crippen molar-refractivity contribution in [1.82, 2.24) is 0 Å². The normalized spacial score (nSPS) is 11.0. The van der Waals surface area contributed by atoms with Gasteiger partial charge in [-0.25, -0.2) is 4.79 Å². The minimum atomic E-state index is -0.441. The topological polar surface area (TPSA) is 46.5 Å². The number of carbonyl (C=O) groups is 1. The molecule has 3 heteroatoms. The van der Waals surface area contributed by atoms with Crippen molar-refractivity contribution in [3.8, 4) is 5.75 Å². The highest BCUT2D eigenvalue weighted by molar-refractivity contribution is 5.98. The molecule has 26 heavy (non-hydrogen) atoms. The third kappa shape index (κ3) is 6.70. The molecule has 3 nitrogen and oxygen atoms in total. The Labute approximate surface area is 157 Å². The molecule has 0 radical (unpaired) electrons. The van der Waals surface area contributed by atoms with Crippen LogP contribution in [0.5, 0.6) is 5.75 Å². The zero-order valence-electron chi connectivity index (χ0n) is 16.0. The van der Waals surface area contributed by atoms with Crippen LogP contribution >= 0.6 is 0 Å². The number of phenols is 1. The maximum absolute atomic E-state index is 12.2. The van der Waals surface area contributed by atoms with Gasteiger partial charge in [-0.05, 0) is 29.3 Å². The van der Waals surface area contributed by atoms with E-state index in [0.29, 0.717) is 6.61 Å². The largest absolute Gasteiger partial charge is 0.507 e. The van der Waals surface area contributed by atoms with Crippen LogP contribution in [0.3, 0.4) is 0 Å². The van der Waals surface area contributed by atoms with Crippen molar-refractivity contribution in [3.05, 3.63) is 42.0 Å². The summed E-state index contributed by atoms with van der Waals surface area (Å²) >= 11 is 0. The summed E-state index contributed by atoms with van der Waals surface area (Å²) in [5.74, 6) is -0.457. The zero-order chi connectivity index (χ0) is 18.6. The summed E-state index contributed by atoms with van der Waals surface area (Å²) in [6.45, 7) is 2.66. The van der Waals surface area contributed by atoms with Crippen LogP contribution in [0.1, 0.15) is 81.5 Å². The standard InChI is InChI=1S/C23H32O3/c1-2-3-4-5-6-7-8-9-10-13-16-26-23(25)21-17-19-14-11-12-15-20(19)18-22(21)24/h11-12,14-15,17-18,24H,2-10,13,16H2,1H3. The summed E-state index contributed by atoms with van der Waals surface area (Å²) in [6, 6.07) is 11.0. The molecule has 0 aliphatic rings. The quantitative estimate of drug-likeness (QED) is 0.343. The van der Waals surface area contributed by atoms with E-state index in [1.54, 1.807) is 12.1 Å². The SMILES string of the molecule is CCCCCCCCCCCCOC(=O)c1cc2ccccc2cc1O. The highest BCUT2D eigenvalue weighted by Gasteiger charge is 2.13. The number of ether oxygens (including phenoxy) is 1. The average Bonchev–Trinajstić information content (AvgIpc) is 2.65. The molecule has 0 unspecified atom stereocenters. The molecule has 0 fully saturated rings. The smallest absolute Gasteiger partial charge is 0.341 e. The van der Waals surface area contributed by atoms with Crippen LogP contribution in [0.4, 0.5) is 0 Å². The van der Waals surface area contributed by atoms with Gasteiger partial charge in [-0.3, -0.25) is 0 Å². The van der Waals surface area contributed by atoms with Gasteiger partial charge in [0.15, 0.2) is 0 Å². The van der Waals surface area contributed by atoms with Crippen LogP contribution in [-0.2, 0) is 4.74 Å². The van der Waals surface area contributed by atoms with Crippen molar-refractivity contribution in [2.75, 3.05) is 6.61 Å². The first-order valence-electron chi connectivity index (χ1n) is 10.1. The van der Waals surface area contributed by atoms with E-state index in [2.05, 4.69) is 6.92 Å². The molecule has 0 saturated carbocycles. The first-order valence-corrected chi connectivity index (χ1v) is 10.1. The van der Waals surface area contributed by atoms with E-state index >= 15 is 0 Å². The molecule has 0 atom stereocenters. The first-order chi connectivity index (χ1) is 12.7. The number of hydrogen-bond donors (Lipinski definition) is 1. The molecule has 0 aliphatic heterocycles. The fourth-order valence-corrected chi connectivity index (χ4v) is 3.22. The van der Waals surface area contributed by atoms with Crippen LogP contribution < -0.4 is 0 Å². The van der Waals surface area contributed by atoms with E-state index in [1.807, 2.05) is 24.3 Å². The van der Waals surface area contributed by atoms with Crippen molar-refractivity contribution in [2.24, 2.45) is 0 Å². The summed E-state index contributed by atoms with van der Waals surface area (Å²) in [6.07, 6.45) is 12.5. The number of benzene rings is 2. The van der Waals surface area contributed by atoms with E-state index in [-0.39, 0.29) is 11.3 Å². The monoisotopic (exact) mass is 356 g/mol. The first kappa shape index (κ1) is 20.3. The maximum Gasteiger partial charge on any atom is 0.341 e. The van der Waals surface area contributed by atoms with Gasteiger partial charge in [0.25, 0.3) is 0 Å². The van der Waals surface area contributed by atoms with Gasteiger partial charge in [0.1, 0.15) is 11.3 Å². The molecule has 0 aliphatic carbocycles. The number of fused-ring (bicyclic) bond motifs is 1. The molecule has 0 aromatic heterocycles. The molecule has 0 saturated heterocycles. The molecule has 0 bridgehead atoms. The van der Waals surface area contributed by atoms with E-state index in [9.17, 15) is 9.90 Å². The van der Waals surface area contributed by atoms with Gasteiger partial charge in [0.2, 0.25) is 0 Å². The van der Waals surface area contributed by atoms with Crippen LogP contribution in [0.2, 0.25) is 0 Å². The molecule has 2 aromatic carbocycles. The summed E-state index contributed by atoms with van der Waals surface area (Å²) in [5, 5.41) is 11.9. The number of unbranched alkanes of at least 4 members (excludes halogenated alkanes) is 9. The van der Waals surface area contributed by atoms with Crippen molar-refractivity contribution in [1.29, 1.82) is 0 Å². The molecule has 0 heterocycles. The number of hydrogen-bond acceptors (Lipinski definition) is 3. The second-order valence-electron chi connectivity index (χ2n) is 7.03. The van der Waals surface area contributed by atoms with Crippen LogP contribution in [-0.4, -0.2) is 17.7 Å². The molecule has 0 spiro atoms.